The molecule has 23 heavy (non-hydrogen) atoms. The average molecular weight is 350 g/mol. The summed E-state index contributed by atoms with van der Waals surface area (Å²) in [6, 6.07) is 8.84. The lowest BCUT2D eigenvalue weighted by molar-refractivity contribution is -0.117. The highest BCUT2D eigenvalue weighted by Gasteiger charge is 2.13. The molecule has 0 fully saturated rings. The van der Waals surface area contributed by atoms with Crippen molar-refractivity contribution in [2.24, 2.45) is 0 Å². The van der Waals surface area contributed by atoms with Crippen LogP contribution in [0, 0.1) is 6.92 Å². The second-order valence-electron chi connectivity index (χ2n) is 4.81. The van der Waals surface area contributed by atoms with Crippen molar-refractivity contribution >= 4 is 34.5 Å². The molecule has 0 aliphatic rings. The van der Waals surface area contributed by atoms with E-state index in [0.29, 0.717) is 15.7 Å². The lowest BCUT2D eigenvalue weighted by atomic mass is 10.2. The van der Waals surface area contributed by atoms with Crippen LogP contribution >= 0.6 is 22.9 Å². The van der Waals surface area contributed by atoms with Gasteiger partial charge < -0.3 is 5.32 Å². The van der Waals surface area contributed by atoms with Crippen LogP contribution in [-0.4, -0.2) is 25.7 Å². The van der Waals surface area contributed by atoms with E-state index in [4.69, 9.17) is 11.6 Å². The number of benzene rings is 1. The number of nitrogens with zero attached hydrogens (tertiary/aromatic N) is 4. The fraction of sp³-hybridized carbons (Fsp3) is 0.143. The maximum atomic E-state index is 12.2. The third kappa shape index (κ3) is 3.33. The number of tetrazole rings is 1. The van der Waals surface area contributed by atoms with Crippen molar-refractivity contribution in [2.75, 3.05) is 5.32 Å². The first-order valence-electron chi connectivity index (χ1n) is 6.67. The molecule has 0 spiro atoms. The lowest BCUT2D eigenvalue weighted by Crippen LogP contribution is -2.29. The highest BCUT2D eigenvalue weighted by atomic mass is 35.5. The third-order valence-corrected chi connectivity index (χ3v) is 4.20. The largest absolute Gasteiger partial charge is 0.369 e. The molecule has 0 unspecified atom stereocenters. The number of hydrogen-bond acceptors (Lipinski definition) is 5. The fourth-order valence-electron chi connectivity index (χ4n) is 1.95. The maximum Gasteiger partial charge on any atom is 0.369 e. The van der Waals surface area contributed by atoms with E-state index in [1.165, 1.54) is 11.3 Å². The van der Waals surface area contributed by atoms with Gasteiger partial charge in [0.1, 0.15) is 11.5 Å². The van der Waals surface area contributed by atoms with Gasteiger partial charge >= 0.3 is 5.69 Å². The van der Waals surface area contributed by atoms with E-state index in [9.17, 15) is 9.59 Å². The Morgan fingerprint density at radius 2 is 2.17 bits per heavy atom. The van der Waals surface area contributed by atoms with Gasteiger partial charge in [-0.15, -0.1) is 11.3 Å². The van der Waals surface area contributed by atoms with E-state index < -0.39 is 11.6 Å². The normalized spacial score (nSPS) is 10.7. The molecule has 2 heterocycles. The van der Waals surface area contributed by atoms with E-state index >= 15 is 0 Å². The SMILES string of the molecule is Cc1ccc(NC(=O)Cn2nnn(-c3cccs3)c2=O)c(Cl)c1. The number of amides is 1. The minimum atomic E-state index is -0.474. The molecule has 0 atom stereocenters. The monoisotopic (exact) mass is 349 g/mol. The molecule has 0 aliphatic carbocycles. The van der Waals surface area contributed by atoms with Gasteiger partial charge in [-0.3, -0.25) is 4.79 Å². The zero-order valence-electron chi connectivity index (χ0n) is 12.1. The van der Waals surface area contributed by atoms with Gasteiger partial charge in [0.25, 0.3) is 0 Å². The van der Waals surface area contributed by atoms with Gasteiger partial charge in [-0.25, -0.2) is 4.79 Å². The van der Waals surface area contributed by atoms with E-state index in [-0.39, 0.29) is 6.54 Å². The summed E-state index contributed by atoms with van der Waals surface area (Å²) < 4.78 is 2.15. The number of aryl methyl sites for hydroxylation is 1. The van der Waals surface area contributed by atoms with Crippen LogP contribution in [0.2, 0.25) is 5.02 Å². The Morgan fingerprint density at radius 1 is 1.35 bits per heavy atom. The Bertz CT molecular complexity index is 900. The Hall–Kier alpha value is -2.45. The first-order valence-corrected chi connectivity index (χ1v) is 7.93. The molecule has 3 rings (SSSR count). The Kier molecular flexibility index (Phi) is 4.26. The van der Waals surface area contributed by atoms with Crippen LogP contribution in [0.15, 0.2) is 40.5 Å². The second kappa shape index (κ2) is 6.35. The van der Waals surface area contributed by atoms with Gasteiger partial charge in [0, 0.05) is 0 Å². The predicted molar refractivity (Wildman–Crippen MR) is 88.3 cm³/mol. The molecule has 0 saturated heterocycles. The molecule has 9 heteroatoms. The first kappa shape index (κ1) is 15.4. The third-order valence-electron chi connectivity index (χ3n) is 3.05. The second-order valence-corrected chi connectivity index (χ2v) is 6.15. The molecule has 7 nitrogen and oxygen atoms in total. The molecule has 0 saturated carbocycles. The van der Waals surface area contributed by atoms with Crippen molar-refractivity contribution in [3.63, 3.8) is 0 Å². The van der Waals surface area contributed by atoms with Crippen LogP contribution < -0.4 is 11.0 Å². The van der Waals surface area contributed by atoms with Gasteiger partial charge in [-0.2, -0.15) is 9.36 Å². The lowest BCUT2D eigenvalue weighted by Gasteiger charge is -2.07. The standard InChI is InChI=1S/C14H12ClN5O2S/c1-9-4-5-11(10(15)7-9)16-12(21)8-19-14(22)20(18-17-19)13-3-2-6-23-13/h2-7H,8H2,1H3,(H,16,21). The van der Waals surface area contributed by atoms with Crippen LogP contribution in [0.1, 0.15) is 5.56 Å². The number of nitrogens with one attached hydrogen (secondary N) is 1. The summed E-state index contributed by atoms with van der Waals surface area (Å²) in [5, 5.41) is 13.0. The van der Waals surface area contributed by atoms with E-state index in [2.05, 4.69) is 15.7 Å². The minimum absolute atomic E-state index is 0.242. The van der Waals surface area contributed by atoms with E-state index in [0.717, 1.165) is 14.9 Å². The molecule has 2 aromatic heterocycles. The molecule has 1 amide bonds. The van der Waals surface area contributed by atoms with Gasteiger partial charge in [0.15, 0.2) is 0 Å². The number of carbonyl (C=O) groups excluding carboxylic acids is 1. The van der Waals surface area contributed by atoms with Crippen molar-refractivity contribution in [3.05, 3.63) is 56.8 Å². The summed E-state index contributed by atoms with van der Waals surface area (Å²) in [6.45, 7) is 1.66. The fourth-order valence-corrected chi connectivity index (χ4v) is 2.90. The maximum absolute atomic E-state index is 12.2. The van der Waals surface area contributed by atoms with Crippen molar-refractivity contribution in [2.45, 2.75) is 13.5 Å². The molecule has 118 valence electrons. The highest BCUT2D eigenvalue weighted by molar-refractivity contribution is 7.12. The summed E-state index contributed by atoms with van der Waals surface area (Å²) in [7, 11) is 0. The molecule has 3 aromatic rings. The number of rotatable bonds is 4. The summed E-state index contributed by atoms with van der Waals surface area (Å²) >= 11 is 7.42. The topological polar surface area (TPSA) is 81.8 Å². The Labute approximate surface area is 140 Å². The van der Waals surface area contributed by atoms with Gasteiger partial charge in [0.05, 0.1) is 10.7 Å². The van der Waals surface area contributed by atoms with E-state index in [1.54, 1.807) is 24.3 Å². The van der Waals surface area contributed by atoms with Crippen LogP contribution in [0.3, 0.4) is 0 Å². The quantitative estimate of drug-likeness (QED) is 0.782. The average Bonchev–Trinajstić information content (AvgIpc) is 3.13. The van der Waals surface area contributed by atoms with Crippen molar-refractivity contribution < 1.29 is 4.79 Å². The van der Waals surface area contributed by atoms with Crippen molar-refractivity contribution in [3.8, 4) is 5.00 Å². The summed E-state index contributed by atoms with van der Waals surface area (Å²) in [5.74, 6) is -0.406. The number of aromatic nitrogens is 4. The number of thiophene rings is 1. The van der Waals surface area contributed by atoms with Gasteiger partial charge in [-0.1, -0.05) is 17.7 Å². The molecule has 1 N–H and O–H groups in total. The zero-order valence-corrected chi connectivity index (χ0v) is 13.6. The number of anilines is 1. The predicted octanol–water partition coefficient (Wildman–Crippen LogP) is 2.09. The molecular formula is C14H12ClN5O2S. The summed E-state index contributed by atoms with van der Waals surface area (Å²) in [5.41, 5.74) is 1.00. The number of carbonyl (C=O) groups is 1. The summed E-state index contributed by atoms with van der Waals surface area (Å²) in [6.07, 6.45) is 0. The van der Waals surface area contributed by atoms with Gasteiger partial charge in [-0.05, 0) is 52.6 Å². The first-order chi connectivity index (χ1) is 11.0. The van der Waals surface area contributed by atoms with E-state index in [1.807, 2.05) is 18.4 Å². The van der Waals surface area contributed by atoms with Crippen LogP contribution in [-0.2, 0) is 11.3 Å². The van der Waals surface area contributed by atoms with Crippen LogP contribution in [0.25, 0.3) is 5.00 Å². The molecule has 0 bridgehead atoms. The molecular weight excluding hydrogens is 338 g/mol. The smallest absolute Gasteiger partial charge is 0.323 e. The van der Waals surface area contributed by atoms with Crippen molar-refractivity contribution in [1.82, 2.24) is 19.8 Å². The van der Waals surface area contributed by atoms with Gasteiger partial charge in [0.2, 0.25) is 5.91 Å². The minimum Gasteiger partial charge on any atom is -0.323 e. The number of halogens is 1. The number of hydrogen-bond donors (Lipinski definition) is 1. The Morgan fingerprint density at radius 3 is 2.87 bits per heavy atom. The van der Waals surface area contributed by atoms with Crippen LogP contribution in [0.5, 0.6) is 0 Å². The van der Waals surface area contributed by atoms with Crippen LogP contribution in [0.4, 0.5) is 5.69 Å². The molecule has 0 radical (unpaired) electrons. The molecule has 0 aliphatic heterocycles. The molecule has 1 aromatic carbocycles. The summed E-state index contributed by atoms with van der Waals surface area (Å²) in [4.78, 5) is 24.2. The van der Waals surface area contributed by atoms with Crippen molar-refractivity contribution in [1.29, 1.82) is 0 Å². The zero-order chi connectivity index (χ0) is 16.4. The highest BCUT2D eigenvalue weighted by Crippen LogP contribution is 2.22. The Balaban J connectivity index is 1.75.